The molecular formula is C12H12ClN3O2. The molecule has 2 aromatic rings. The number of ether oxygens (including phenoxy) is 1. The van der Waals surface area contributed by atoms with Crippen LogP contribution in [0, 0.1) is 0 Å². The number of aromatic nitrogens is 2. The van der Waals surface area contributed by atoms with E-state index in [9.17, 15) is 4.79 Å². The van der Waals surface area contributed by atoms with Crippen LogP contribution in [0.5, 0.6) is 5.88 Å². The first-order chi connectivity index (χ1) is 8.65. The summed E-state index contributed by atoms with van der Waals surface area (Å²) in [5, 5.41) is 0.435. The van der Waals surface area contributed by atoms with Crippen LogP contribution in [-0.2, 0) is 0 Å². The summed E-state index contributed by atoms with van der Waals surface area (Å²) >= 11 is 5.45. The van der Waals surface area contributed by atoms with E-state index in [1.807, 2.05) is 0 Å². The fraction of sp³-hybridized carbons (Fsp3) is 0.0833. The molecule has 0 radical (unpaired) electrons. The smallest absolute Gasteiger partial charge is 0.212 e. The number of nitrogens with two attached hydrogens (primary N) is 1. The molecule has 0 saturated carbocycles. The van der Waals surface area contributed by atoms with E-state index < -0.39 is 0 Å². The Kier molecular flexibility index (Phi) is 5.60. The molecule has 0 bridgehead atoms. The molecule has 0 aliphatic rings. The molecule has 0 spiro atoms. The number of halogens is 1. The van der Waals surface area contributed by atoms with E-state index >= 15 is 0 Å². The third-order valence-corrected chi connectivity index (χ3v) is 2.05. The Morgan fingerprint density at radius 1 is 1.33 bits per heavy atom. The van der Waals surface area contributed by atoms with Gasteiger partial charge in [0.1, 0.15) is 11.0 Å². The Bertz CT molecular complexity index is 486. The molecule has 0 aliphatic heterocycles. The van der Waals surface area contributed by atoms with Crippen molar-refractivity contribution in [1.82, 2.24) is 9.97 Å². The number of pyridine rings is 2. The maximum Gasteiger partial charge on any atom is 0.212 e. The second-order valence-corrected chi connectivity index (χ2v) is 3.52. The van der Waals surface area contributed by atoms with Crippen LogP contribution in [0.3, 0.4) is 0 Å². The highest BCUT2D eigenvalue weighted by molar-refractivity contribution is 6.29. The van der Waals surface area contributed by atoms with Crippen LogP contribution in [-0.4, -0.2) is 23.4 Å². The molecule has 0 saturated heterocycles. The van der Waals surface area contributed by atoms with Crippen LogP contribution in [0.4, 0.5) is 5.82 Å². The summed E-state index contributed by atoms with van der Waals surface area (Å²) in [6, 6.07) is 8.41. The van der Waals surface area contributed by atoms with Gasteiger partial charge in [-0.25, -0.2) is 9.97 Å². The lowest BCUT2D eigenvalue weighted by atomic mass is 10.3. The molecule has 0 amide bonds. The molecule has 0 aliphatic carbocycles. The van der Waals surface area contributed by atoms with E-state index in [1.54, 1.807) is 30.3 Å². The van der Waals surface area contributed by atoms with Crippen molar-refractivity contribution in [3.63, 3.8) is 0 Å². The Hall–Kier alpha value is -2.14. The zero-order valence-corrected chi connectivity index (χ0v) is 10.5. The number of hydrogen-bond acceptors (Lipinski definition) is 5. The van der Waals surface area contributed by atoms with Crippen molar-refractivity contribution in [3.05, 3.63) is 47.2 Å². The molecule has 2 rings (SSSR count). The van der Waals surface area contributed by atoms with Gasteiger partial charge < -0.3 is 10.5 Å². The van der Waals surface area contributed by atoms with Gasteiger partial charge in [-0.2, -0.15) is 0 Å². The lowest BCUT2D eigenvalue weighted by Crippen LogP contribution is -1.87. The standard InChI is InChI=1S/C7H7NO2.C5H5ClN2/c1-10-7-3-2-6(5-9)4-8-7;6-4-2-1-3-5(7)8-4/h2-5H,1H3;1-3H,(H2,7,8). The number of hydrogen-bond donors (Lipinski definition) is 1. The molecule has 2 heterocycles. The van der Waals surface area contributed by atoms with Gasteiger partial charge in [0, 0.05) is 17.8 Å². The van der Waals surface area contributed by atoms with E-state index in [0.29, 0.717) is 22.4 Å². The van der Waals surface area contributed by atoms with Crippen LogP contribution in [0.1, 0.15) is 10.4 Å². The third kappa shape index (κ3) is 4.80. The van der Waals surface area contributed by atoms with Crippen molar-refractivity contribution in [3.8, 4) is 5.88 Å². The average Bonchev–Trinajstić information content (AvgIpc) is 2.39. The lowest BCUT2D eigenvalue weighted by molar-refractivity contribution is 0.112. The lowest BCUT2D eigenvalue weighted by Gasteiger charge is -1.95. The van der Waals surface area contributed by atoms with Crippen LogP contribution in [0.25, 0.3) is 0 Å². The van der Waals surface area contributed by atoms with Gasteiger partial charge in [0.05, 0.1) is 7.11 Å². The van der Waals surface area contributed by atoms with Crippen LogP contribution in [0.15, 0.2) is 36.5 Å². The largest absolute Gasteiger partial charge is 0.481 e. The Morgan fingerprint density at radius 3 is 2.50 bits per heavy atom. The van der Waals surface area contributed by atoms with Crippen molar-refractivity contribution in [1.29, 1.82) is 0 Å². The van der Waals surface area contributed by atoms with Gasteiger partial charge in [-0.3, -0.25) is 4.79 Å². The number of anilines is 1. The monoisotopic (exact) mass is 265 g/mol. The molecule has 0 unspecified atom stereocenters. The minimum absolute atomic E-state index is 0.435. The highest BCUT2D eigenvalue weighted by Crippen LogP contribution is 2.05. The first-order valence-corrected chi connectivity index (χ1v) is 5.36. The summed E-state index contributed by atoms with van der Waals surface area (Å²) in [5.41, 5.74) is 5.82. The summed E-state index contributed by atoms with van der Waals surface area (Å²) in [6.07, 6.45) is 2.21. The number of carbonyl (C=O) groups excluding carboxylic acids is 1. The Labute approximate surface area is 110 Å². The van der Waals surface area contributed by atoms with E-state index in [4.69, 9.17) is 22.1 Å². The summed E-state index contributed by atoms with van der Waals surface area (Å²) in [7, 11) is 1.53. The topological polar surface area (TPSA) is 78.1 Å². The average molecular weight is 266 g/mol. The molecule has 5 nitrogen and oxygen atoms in total. The number of aldehydes is 1. The fourth-order valence-corrected chi connectivity index (χ4v) is 1.18. The molecule has 0 atom stereocenters. The Morgan fingerprint density at radius 2 is 2.11 bits per heavy atom. The number of methoxy groups -OCH3 is 1. The number of nitrogen functional groups attached to an aromatic ring is 1. The summed E-state index contributed by atoms with van der Waals surface area (Å²) in [6.45, 7) is 0. The van der Waals surface area contributed by atoms with Crippen molar-refractivity contribution in [2.45, 2.75) is 0 Å². The van der Waals surface area contributed by atoms with Gasteiger partial charge in [0.25, 0.3) is 0 Å². The normalized spacial score (nSPS) is 9.00. The molecule has 94 valence electrons. The molecule has 0 fully saturated rings. The number of nitrogens with zero attached hydrogens (tertiary/aromatic N) is 2. The van der Waals surface area contributed by atoms with Crippen molar-refractivity contribution in [2.24, 2.45) is 0 Å². The number of rotatable bonds is 2. The molecule has 0 aromatic carbocycles. The molecular weight excluding hydrogens is 254 g/mol. The second-order valence-electron chi connectivity index (χ2n) is 3.14. The van der Waals surface area contributed by atoms with Gasteiger partial charge in [-0.05, 0) is 18.2 Å². The maximum atomic E-state index is 10.1. The number of carbonyl (C=O) groups is 1. The quantitative estimate of drug-likeness (QED) is 0.665. The van der Waals surface area contributed by atoms with Gasteiger partial charge in [0.15, 0.2) is 6.29 Å². The van der Waals surface area contributed by atoms with E-state index in [-0.39, 0.29) is 0 Å². The second kappa shape index (κ2) is 7.24. The maximum absolute atomic E-state index is 10.1. The first-order valence-electron chi connectivity index (χ1n) is 4.99. The molecule has 18 heavy (non-hydrogen) atoms. The van der Waals surface area contributed by atoms with Crippen LogP contribution >= 0.6 is 11.6 Å². The van der Waals surface area contributed by atoms with Gasteiger partial charge in [-0.15, -0.1) is 0 Å². The molecule has 6 heteroatoms. The summed E-state index contributed by atoms with van der Waals surface area (Å²) < 4.78 is 4.79. The molecule has 2 N–H and O–H groups in total. The molecule has 2 aromatic heterocycles. The van der Waals surface area contributed by atoms with E-state index in [0.717, 1.165) is 6.29 Å². The first kappa shape index (κ1) is 13.9. The minimum atomic E-state index is 0.435. The predicted octanol–water partition coefficient (Wildman–Crippen LogP) is 2.22. The zero-order valence-electron chi connectivity index (χ0n) is 9.71. The minimum Gasteiger partial charge on any atom is -0.481 e. The highest BCUT2D eigenvalue weighted by Gasteiger charge is 1.91. The van der Waals surface area contributed by atoms with Gasteiger partial charge >= 0.3 is 0 Å². The predicted molar refractivity (Wildman–Crippen MR) is 69.8 cm³/mol. The Balaban J connectivity index is 0.000000184. The fourth-order valence-electron chi connectivity index (χ4n) is 1.01. The van der Waals surface area contributed by atoms with Crippen LogP contribution in [0.2, 0.25) is 5.15 Å². The van der Waals surface area contributed by atoms with Crippen molar-refractivity contribution < 1.29 is 9.53 Å². The summed E-state index contributed by atoms with van der Waals surface area (Å²) in [5.74, 6) is 0.975. The SMILES string of the molecule is COc1ccc(C=O)cn1.Nc1cccc(Cl)n1. The van der Waals surface area contributed by atoms with Crippen molar-refractivity contribution in [2.75, 3.05) is 12.8 Å². The van der Waals surface area contributed by atoms with Crippen LogP contribution < -0.4 is 10.5 Å². The van der Waals surface area contributed by atoms with Crippen molar-refractivity contribution >= 4 is 23.7 Å². The zero-order chi connectivity index (χ0) is 13.4. The van der Waals surface area contributed by atoms with Gasteiger partial charge in [0.2, 0.25) is 5.88 Å². The van der Waals surface area contributed by atoms with E-state index in [2.05, 4.69) is 9.97 Å². The summed E-state index contributed by atoms with van der Waals surface area (Å²) in [4.78, 5) is 17.7. The third-order valence-electron chi connectivity index (χ3n) is 1.84. The van der Waals surface area contributed by atoms with E-state index in [1.165, 1.54) is 13.3 Å². The highest BCUT2D eigenvalue weighted by atomic mass is 35.5. The van der Waals surface area contributed by atoms with Gasteiger partial charge in [-0.1, -0.05) is 17.7 Å².